The van der Waals surface area contributed by atoms with Crippen LogP contribution in [-0.2, 0) is 25.1 Å². The minimum absolute atomic E-state index is 0.0249. The van der Waals surface area contributed by atoms with Crippen LogP contribution in [0.5, 0.6) is 0 Å². The Kier molecular flexibility index (Phi) is 4.49. The van der Waals surface area contributed by atoms with Crippen molar-refractivity contribution in [3.63, 3.8) is 0 Å². The van der Waals surface area contributed by atoms with E-state index in [9.17, 15) is 13.5 Å². The summed E-state index contributed by atoms with van der Waals surface area (Å²) in [7, 11) is -3.29. The third-order valence-electron chi connectivity index (χ3n) is 3.37. The number of benzene rings is 1. The highest BCUT2D eigenvalue weighted by Gasteiger charge is 2.46. The highest BCUT2D eigenvalue weighted by Crippen LogP contribution is 2.36. The molecular weight excluding hydrogens is 280 g/mol. The topological polar surface area (TPSA) is 72.8 Å². The van der Waals surface area contributed by atoms with Crippen LogP contribution in [0.15, 0.2) is 24.3 Å². The minimum Gasteiger partial charge on any atom is -0.394 e. The number of hydrogen-bond donors (Lipinski definition) is 1. The van der Waals surface area contributed by atoms with Gasteiger partial charge < -0.3 is 14.6 Å². The van der Waals surface area contributed by atoms with Crippen LogP contribution in [0.2, 0.25) is 0 Å². The van der Waals surface area contributed by atoms with E-state index in [0.717, 1.165) is 5.56 Å². The lowest BCUT2D eigenvalue weighted by Crippen LogP contribution is -2.37. The smallest absolute Gasteiger partial charge is 0.209 e. The first-order chi connectivity index (χ1) is 9.41. The molecule has 0 aromatic heterocycles. The molecule has 1 aromatic carbocycles. The molecule has 1 aliphatic heterocycles. The lowest BCUT2D eigenvalue weighted by atomic mass is 10.0. The molecule has 0 saturated carbocycles. The molecule has 6 heteroatoms. The number of aryl methyl sites for hydroxylation is 1. The van der Waals surface area contributed by atoms with Gasteiger partial charge in [0.1, 0.15) is 11.9 Å². The normalized spacial score (nSPS) is 26.9. The Labute approximate surface area is 119 Å². The molecule has 1 N–H and O–H groups in total. The predicted molar refractivity (Wildman–Crippen MR) is 75.1 cm³/mol. The van der Waals surface area contributed by atoms with Gasteiger partial charge in [-0.2, -0.15) is 0 Å². The van der Waals surface area contributed by atoms with Gasteiger partial charge in [-0.3, -0.25) is 0 Å². The Morgan fingerprint density at radius 1 is 1.45 bits per heavy atom. The second-order valence-corrected chi connectivity index (χ2v) is 7.39. The molecule has 0 aliphatic carbocycles. The van der Waals surface area contributed by atoms with Crippen LogP contribution in [-0.4, -0.2) is 44.3 Å². The Bertz CT molecular complexity index is 569. The molecule has 0 amide bonds. The van der Waals surface area contributed by atoms with Crippen molar-refractivity contribution >= 4 is 9.84 Å². The van der Waals surface area contributed by atoms with Gasteiger partial charge in [-0.05, 0) is 6.92 Å². The van der Waals surface area contributed by atoms with Gasteiger partial charge in [0.05, 0.1) is 13.2 Å². The Morgan fingerprint density at radius 2 is 2.20 bits per heavy atom. The predicted octanol–water partition coefficient (Wildman–Crippen LogP) is 0.990. The highest BCUT2D eigenvalue weighted by atomic mass is 32.2. The fourth-order valence-corrected chi connectivity index (χ4v) is 3.34. The summed E-state index contributed by atoms with van der Waals surface area (Å²) >= 11 is 0. The van der Waals surface area contributed by atoms with E-state index in [1.54, 1.807) is 13.0 Å². The van der Waals surface area contributed by atoms with E-state index in [4.69, 9.17) is 9.47 Å². The van der Waals surface area contributed by atoms with E-state index in [-0.39, 0.29) is 24.7 Å². The summed E-state index contributed by atoms with van der Waals surface area (Å²) in [5.74, 6) is -1.53. The van der Waals surface area contributed by atoms with E-state index in [2.05, 4.69) is 0 Å². The van der Waals surface area contributed by atoms with E-state index in [1.165, 1.54) is 0 Å². The zero-order valence-corrected chi connectivity index (χ0v) is 12.5. The van der Waals surface area contributed by atoms with Crippen molar-refractivity contribution in [1.29, 1.82) is 0 Å². The third kappa shape index (κ3) is 3.20. The second kappa shape index (κ2) is 5.81. The van der Waals surface area contributed by atoms with Gasteiger partial charge in [0, 0.05) is 11.3 Å². The average Bonchev–Trinajstić information content (AvgIpc) is 2.83. The molecule has 2 rings (SSSR count). The van der Waals surface area contributed by atoms with Gasteiger partial charge >= 0.3 is 0 Å². The zero-order valence-electron chi connectivity index (χ0n) is 11.7. The minimum atomic E-state index is -3.29. The molecule has 20 heavy (non-hydrogen) atoms. The van der Waals surface area contributed by atoms with Gasteiger partial charge in [-0.25, -0.2) is 8.42 Å². The Hall–Kier alpha value is -0.950. The van der Waals surface area contributed by atoms with E-state index in [0.29, 0.717) is 5.56 Å². The first-order valence-corrected chi connectivity index (χ1v) is 8.43. The lowest BCUT2D eigenvalue weighted by molar-refractivity contribution is -0.162. The van der Waals surface area contributed by atoms with Gasteiger partial charge in [-0.1, -0.05) is 36.8 Å². The van der Waals surface area contributed by atoms with Crippen LogP contribution in [0.25, 0.3) is 0 Å². The fraction of sp³-hybridized carbons (Fsp3) is 0.571. The molecule has 0 bridgehead atoms. The maximum absolute atomic E-state index is 12.0. The van der Waals surface area contributed by atoms with Crippen molar-refractivity contribution in [3.05, 3.63) is 35.4 Å². The molecule has 0 radical (unpaired) electrons. The van der Waals surface area contributed by atoms with Crippen LogP contribution < -0.4 is 0 Å². The Morgan fingerprint density at radius 3 is 2.75 bits per heavy atom. The first-order valence-electron chi connectivity index (χ1n) is 6.61. The van der Waals surface area contributed by atoms with Crippen LogP contribution >= 0.6 is 0 Å². The standard InChI is InChI=1S/C14H20O5S/c1-3-20(16,17)10-14(18-9-13(8-15)19-14)12-6-4-5-11(2)7-12/h4-7,13,15H,3,8-10H2,1-2H3/t13-,14+/m0/s1. The molecule has 1 fully saturated rings. The third-order valence-corrected chi connectivity index (χ3v) is 5.07. The van der Waals surface area contributed by atoms with Gasteiger partial charge in [0.25, 0.3) is 0 Å². The molecule has 1 saturated heterocycles. The summed E-state index contributed by atoms with van der Waals surface area (Å²) in [4.78, 5) is 0. The fourth-order valence-electron chi connectivity index (χ4n) is 2.24. The summed E-state index contributed by atoms with van der Waals surface area (Å²) in [5, 5.41) is 9.20. The maximum Gasteiger partial charge on any atom is 0.209 e. The average molecular weight is 300 g/mol. The van der Waals surface area contributed by atoms with Gasteiger partial charge in [-0.15, -0.1) is 0 Å². The van der Waals surface area contributed by atoms with Crippen molar-refractivity contribution in [3.8, 4) is 0 Å². The SMILES string of the molecule is CCS(=O)(=O)C[C@@]1(c2cccc(C)c2)OC[C@H](CO)O1. The van der Waals surface area contributed by atoms with Crippen molar-refractivity contribution < 1.29 is 23.0 Å². The van der Waals surface area contributed by atoms with E-state index < -0.39 is 21.7 Å². The van der Waals surface area contributed by atoms with Crippen molar-refractivity contribution in [2.45, 2.75) is 25.7 Å². The molecule has 1 aliphatic rings. The summed E-state index contributed by atoms with van der Waals surface area (Å²) in [6.07, 6.45) is -0.498. The Balaban J connectivity index is 2.40. The van der Waals surface area contributed by atoms with Gasteiger partial charge in [0.15, 0.2) is 9.84 Å². The highest BCUT2D eigenvalue weighted by molar-refractivity contribution is 7.91. The van der Waals surface area contributed by atoms with Crippen molar-refractivity contribution in [2.24, 2.45) is 0 Å². The number of aliphatic hydroxyl groups excluding tert-OH is 1. The quantitative estimate of drug-likeness (QED) is 0.878. The lowest BCUT2D eigenvalue weighted by Gasteiger charge is -2.28. The van der Waals surface area contributed by atoms with Crippen LogP contribution in [0.1, 0.15) is 18.1 Å². The molecule has 1 aromatic rings. The monoisotopic (exact) mass is 300 g/mol. The van der Waals surface area contributed by atoms with Crippen LogP contribution in [0.3, 0.4) is 0 Å². The molecule has 112 valence electrons. The van der Waals surface area contributed by atoms with Crippen LogP contribution in [0.4, 0.5) is 0 Å². The molecule has 0 spiro atoms. The van der Waals surface area contributed by atoms with Crippen LogP contribution in [0, 0.1) is 6.92 Å². The zero-order chi connectivity index (χ0) is 14.8. The number of hydrogen-bond acceptors (Lipinski definition) is 5. The molecule has 5 nitrogen and oxygen atoms in total. The second-order valence-electron chi connectivity index (χ2n) is 5.03. The molecule has 2 atom stereocenters. The number of aliphatic hydroxyl groups is 1. The molecule has 1 heterocycles. The summed E-state index contributed by atoms with van der Waals surface area (Å²) in [5.41, 5.74) is 1.67. The summed E-state index contributed by atoms with van der Waals surface area (Å²) in [6, 6.07) is 7.40. The number of sulfone groups is 1. The van der Waals surface area contributed by atoms with Crippen molar-refractivity contribution in [2.75, 3.05) is 24.7 Å². The first kappa shape index (κ1) is 15.4. The molecule has 0 unspecified atom stereocenters. The number of ether oxygens (including phenoxy) is 2. The number of rotatable bonds is 5. The summed E-state index contributed by atoms with van der Waals surface area (Å²) in [6.45, 7) is 3.51. The maximum atomic E-state index is 12.0. The largest absolute Gasteiger partial charge is 0.394 e. The van der Waals surface area contributed by atoms with Gasteiger partial charge in [0.2, 0.25) is 5.79 Å². The van der Waals surface area contributed by atoms with E-state index >= 15 is 0 Å². The van der Waals surface area contributed by atoms with Crippen molar-refractivity contribution in [1.82, 2.24) is 0 Å². The van der Waals surface area contributed by atoms with E-state index in [1.807, 2.05) is 25.1 Å². The summed E-state index contributed by atoms with van der Waals surface area (Å²) < 4.78 is 35.4. The molecular formula is C14H20O5S.